The molecular formula is C18H34N2O4. The minimum absolute atomic E-state index is 0.214. The fourth-order valence-corrected chi connectivity index (χ4v) is 3.92. The molecule has 1 amide bonds. The second kappa shape index (κ2) is 7.18. The first-order valence-corrected chi connectivity index (χ1v) is 8.97. The molecule has 140 valence electrons. The summed E-state index contributed by atoms with van der Waals surface area (Å²) >= 11 is 0. The molecule has 0 aromatic rings. The van der Waals surface area contributed by atoms with E-state index in [2.05, 4.69) is 18.7 Å². The van der Waals surface area contributed by atoms with Crippen LogP contribution in [-0.2, 0) is 9.47 Å². The molecule has 2 rings (SSSR count). The summed E-state index contributed by atoms with van der Waals surface area (Å²) in [5.41, 5.74) is -0.311. The quantitative estimate of drug-likeness (QED) is 0.829. The van der Waals surface area contributed by atoms with Gasteiger partial charge in [0, 0.05) is 32.8 Å². The summed E-state index contributed by atoms with van der Waals surface area (Å²) in [6.45, 7) is 12.6. The molecule has 0 unspecified atom stereocenters. The van der Waals surface area contributed by atoms with E-state index in [1.54, 1.807) is 7.05 Å². The van der Waals surface area contributed by atoms with Crippen LogP contribution in [-0.4, -0.2) is 78.1 Å². The van der Waals surface area contributed by atoms with Gasteiger partial charge in [-0.05, 0) is 39.0 Å². The van der Waals surface area contributed by atoms with Gasteiger partial charge in [0.25, 0.3) is 0 Å². The van der Waals surface area contributed by atoms with Crippen molar-refractivity contribution in [1.82, 2.24) is 9.80 Å². The second-order valence-electron chi connectivity index (χ2n) is 8.93. The Morgan fingerprint density at radius 1 is 1.46 bits per heavy atom. The van der Waals surface area contributed by atoms with E-state index in [1.165, 1.54) is 4.90 Å². The number of aliphatic hydroxyl groups is 1. The zero-order chi connectivity index (χ0) is 18.1. The van der Waals surface area contributed by atoms with Crippen molar-refractivity contribution in [3.05, 3.63) is 0 Å². The number of ether oxygens (including phenoxy) is 2. The van der Waals surface area contributed by atoms with Crippen LogP contribution in [0.5, 0.6) is 0 Å². The summed E-state index contributed by atoms with van der Waals surface area (Å²) < 4.78 is 11.2. The molecule has 0 aromatic heterocycles. The molecule has 0 radical (unpaired) electrons. The Labute approximate surface area is 146 Å². The van der Waals surface area contributed by atoms with Crippen LogP contribution in [0.4, 0.5) is 4.79 Å². The molecule has 1 N–H and O–H groups in total. The van der Waals surface area contributed by atoms with E-state index >= 15 is 0 Å². The van der Waals surface area contributed by atoms with Gasteiger partial charge in [0.2, 0.25) is 0 Å². The predicted octanol–water partition coefficient (Wildman–Crippen LogP) is 2.10. The summed E-state index contributed by atoms with van der Waals surface area (Å²) in [5.74, 6) is 0. The zero-order valence-corrected chi connectivity index (χ0v) is 16.0. The maximum atomic E-state index is 12.0. The number of carbonyl (C=O) groups excluding carboxylic acids is 1. The van der Waals surface area contributed by atoms with E-state index in [-0.39, 0.29) is 18.1 Å². The largest absolute Gasteiger partial charge is 0.444 e. The Morgan fingerprint density at radius 3 is 2.62 bits per heavy atom. The lowest BCUT2D eigenvalue weighted by atomic mass is 9.71. The van der Waals surface area contributed by atoms with Crippen LogP contribution in [0.2, 0.25) is 0 Å². The van der Waals surface area contributed by atoms with Gasteiger partial charge in [-0.3, -0.25) is 4.90 Å². The maximum absolute atomic E-state index is 12.0. The molecule has 0 saturated carbocycles. The van der Waals surface area contributed by atoms with Crippen molar-refractivity contribution >= 4 is 6.09 Å². The van der Waals surface area contributed by atoms with Crippen molar-refractivity contribution < 1.29 is 19.4 Å². The summed E-state index contributed by atoms with van der Waals surface area (Å²) in [4.78, 5) is 15.7. The molecule has 24 heavy (non-hydrogen) atoms. The number of aliphatic hydroxyl groups excluding tert-OH is 1. The number of likely N-dealkylation sites (tertiary alicyclic amines) is 1. The minimum Gasteiger partial charge on any atom is -0.444 e. The molecule has 2 aliphatic heterocycles. The van der Waals surface area contributed by atoms with E-state index in [0.717, 1.165) is 26.0 Å². The smallest absolute Gasteiger partial charge is 0.410 e. The fourth-order valence-electron chi connectivity index (χ4n) is 3.92. The third-order valence-electron chi connectivity index (χ3n) is 4.76. The number of nitrogens with zero attached hydrogens (tertiary/aromatic N) is 2. The highest BCUT2D eigenvalue weighted by atomic mass is 16.6. The van der Waals surface area contributed by atoms with Gasteiger partial charge < -0.3 is 19.5 Å². The lowest BCUT2D eigenvalue weighted by Gasteiger charge is -2.57. The van der Waals surface area contributed by atoms with Crippen LogP contribution >= 0.6 is 0 Å². The number of amides is 1. The highest BCUT2D eigenvalue weighted by Gasteiger charge is 2.50. The van der Waals surface area contributed by atoms with Crippen molar-refractivity contribution in [2.24, 2.45) is 5.41 Å². The van der Waals surface area contributed by atoms with E-state index in [1.807, 2.05) is 20.8 Å². The second-order valence-corrected chi connectivity index (χ2v) is 8.93. The maximum Gasteiger partial charge on any atom is 0.410 e. The molecule has 2 fully saturated rings. The van der Waals surface area contributed by atoms with Gasteiger partial charge in [-0.2, -0.15) is 0 Å². The average Bonchev–Trinajstić information content (AvgIpc) is 2.88. The van der Waals surface area contributed by atoms with E-state index < -0.39 is 17.8 Å². The lowest BCUT2D eigenvalue weighted by molar-refractivity contribution is -0.130. The van der Waals surface area contributed by atoms with Crippen molar-refractivity contribution in [3.8, 4) is 0 Å². The summed E-state index contributed by atoms with van der Waals surface area (Å²) in [7, 11) is 1.66. The van der Waals surface area contributed by atoms with Crippen LogP contribution in [0.25, 0.3) is 0 Å². The number of likely N-dealkylation sites (N-methyl/N-ethyl adjacent to an activating group) is 1. The SMILES string of the molecule is CN(C[C@H](O)CN1CC(C)(C)[C@@H]1[C@@H]1CCCO1)C(=O)OC(C)(C)C. The van der Waals surface area contributed by atoms with Gasteiger partial charge in [-0.25, -0.2) is 4.79 Å². The molecule has 2 aliphatic rings. The highest BCUT2D eigenvalue weighted by Crippen LogP contribution is 2.42. The standard InChI is InChI=1S/C18H34N2O4/c1-17(2,3)24-16(22)19(6)10-13(21)11-20-12-18(4,5)15(20)14-8-7-9-23-14/h13-15,21H,7-12H2,1-6H3/t13-,14-,15-/m0/s1. The Bertz CT molecular complexity index is 441. The van der Waals surface area contributed by atoms with Gasteiger partial charge in [-0.15, -0.1) is 0 Å². The molecule has 0 aliphatic carbocycles. The van der Waals surface area contributed by atoms with Crippen LogP contribution in [0.15, 0.2) is 0 Å². The Kier molecular flexibility index (Phi) is 5.83. The predicted molar refractivity (Wildman–Crippen MR) is 93.0 cm³/mol. The molecule has 0 aromatic carbocycles. The number of rotatable bonds is 5. The van der Waals surface area contributed by atoms with Crippen LogP contribution in [0.3, 0.4) is 0 Å². The molecular weight excluding hydrogens is 308 g/mol. The Hall–Kier alpha value is -0.850. The first kappa shape index (κ1) is 19.5. The van der Waals surface area contributed by atoms with Gasteiger partial charge in [0.1, 0.15) is 5.60 Å². The van der Waals surface area contributed by atoms with Crippen molar-refractivity contribution in [1.29, 1.82) is 0 Å². The normalized spacial score (nSPS) is 28.3. The zero-order valence-electron chi connectivity index (χ0n) is 16.0. The van der Waals surface area contributed by atoms with Gasteiger partial charge in [-0.1, -0.05) is 13.8 Å². The van der Waals surface area contributed by atoms with Crippen molar-refractivity contribution in [2.45, 2.75) is 71.3 Å². The highest BCUT2D eigenvalue weighted by molar-refractivity contribution is 5.67. The van der Waals surface area contributed by atoms with E-state index in [4.69, 9.17) is 9.47 Å². The number of carbonyl (C=O) groups is 1. The first-order valence-electron chi connectivity index (χ1n) is 8.97. The average molecular weight is 342 g/mol. The molecule has 0 spiro atoms. The number of β-amino-alcohol motifs (C(OH)–C–C–N with tert-alkyl or cyclic N) is 1. The monoisotopic (exact) mass is 342 g/mol. The van der Waals surface area contributed by atoms with Crippen molar-refractivity contribution in [2.75, 3.05) is 33.3 Å². The third-order valence-corrected chi connectivity index (χ3v) is 4.76. The molecule has 0 bridgehead atoms. The van der Waals surface area contributed by atoms with Crippen LogP contribution < -0.4 is 0 Å². The summed E-state index contributed by atoms with van der Waals surface area (Å²) in [5, 5.41) is 10.4. The molecule has 6 nitrogen and oxygen atoms in total. The summed E-state index contributed by atoms with van der Waals surface area (Å²) in [6.07, 6.45) is 1.49. The van der Waals surface area contributed by atoms with Gasteiger partial charge in [0.15, 0.2) is 0 Å². The molecule has 3 atom stereocenters. The van der Waals surface area contributed by atoms with Crippen LogP contribution in [0.1, 0.15) is 47.5 Å². The Balaban J connectivity index is 1.83. The van der Waals surface area contributed by atoms with Crippen molar-refractivity contribution in [3.63, 3.8) is 0 Å². The fraction of sp³-hybridized carbons (Fsp3) is 0.944. The number of hydrogen-bond acceptors (Lipinski definition) is 5. The first-order chi connectivity index (χ1) is 11.0. The topological polar surface area (TPSA) is 62.2 Å². The Morgan fingerprint density at radius 2 is 2.12 bits per heavy atom. The van der Waals surface area contributed by atoms with E-state index in [9.17, 15) is 9.90 Å². The third kappa shape index (κ3) is 4.83. The molecule has 2 saturated heterocycles. The minimum atomic E-state index is -0.595. The van der Waals surface area contributed by atoms with E-state index in [0.29, 0.717) is 12.6 Å². The van der Waals surface area contributed by atoms with Gasteiger partial charge in [0.05, 0.1) is 18.8 Å². The number of hydrogen-bond donors (Lipinski definition) is 1. The molecule has 6 heteroatoms. The van der Waals surface area contributed by atoms with Crippen LogP contribution in [0, 0.1) is 5.41 Å². The lowest BCUT2D eigenvalue weighted by Crippen LogP contribution is -2.68. The molecule has 2 heterocycles. The summed E-state index contributed by atoms with van der Waals surface area (Å²) in [6, 6.07) is 0.349. The van der Waals surface area contributed by atoms with Gasteiger partial charge >= 0.3 is 6.09 Å².